The zero-order valence-electron chi connectivity index (χ0n) is 16.7. The number of methoxy groups -OCH3 is 1. The lowest BCUT2D eigenvalue weighted by Crippen LogP contribution is -2.17. The molecule has 1 N–H and O–H groups in total. The highest BCUT2D eigenvalue weighted by Gasteiger charge is 2.36. The maximum atomic E-state index is 13.5. The van der Waals surface area contributed by atoms with Crippen molar-refractivity contribution < 1.29 is 18.3 Å². The molecule has 2 rings (SSSR count). The second kappa shape index (κ2) is 9.88. The summed E-state index contributed by atoms with van der Waals surface area (Å²) in [6.45, 7) is 8.56. The fourth-order valence-corrected chi connectivity index (χ4v) is 4.90. The quantitative estimate of drug-likeness (QED) is 0.566. The summed E-state index contributed by atoms with van der Waals surface area (Å²) in [5.41, 5.74) is 3.17. The minimum absolute atomic E-state index is 0.315. The van der Waals surface area contributed by atoms with E-state index in [4.69, 9.17) is 13.8 Å². The number of aryl methyl sites for hydroxylation is 2. The number of nitrogens with one attached hydrogen (secondary N) is 1. The molecule has 7 heteroatoms. The Morgan fingerprint density at radius 3 is 2.19 bits per heavy atom. The van der Waals surface area contributed by atoms with Gasteiger partial charge >= 0.3 is 7.60 Å². The molecule has 0 aliphatic heterocycles. The Morgan fingerprint density at radius 2 is 1.67 bits per heavy atom. The van der Waals surface area contributed by atoms with Crippen LogP contribution in [-0.2, 0) is 13.6 Å². The van der Waals surface area contributed by atoms with E-state index in [1.54, 1.807) is 7.11 Å². The largest absolute Gasteiger partial charge is 0.497 e. The van der Waals surface area contributed by atoms with Crippen LogP contribution in [0.2, 0.25) is 0 Å². The third kappa shape index (κ3) is 5.55. The molecule has 1 unspecified atom stereocenters. The molecule has 0 saturated carbocycles. The van der Waals surface area contributed by atoms with Gasteiger partial charge in [0.2, 0.25) is 0 Å². The van der Waals surface area contributed by atoms with Crippen LogP contribution in [0.15, 0.2) is 36.4 Å². The fourth-order valence-electron chi connectivity index (χ4n) is 2.90. The van der Waals surface area contributed by atoms with Gasteiger partial charge in [-0.1, -0.05) is 12.1 Å². The molecule has 0 aliphatic rings. The Bertz CT molecular complexity index is 770. The number of hydrogen-bond acceptors (Lipinski definition) is 6. The van der Waals surface area contributed by atoms with Crippen LogP contribution in [0.25, 0.3) is 0 Å². The molecule has 148 valence electrons. The number of aromatic nitrogens is 1. The number of hydrogen-bond donors (Lipinski definition) is 1. The van der Waals surface area contributed by atoms with E-state index >= 15 is 0 Å². The molecule has 1 aromatic heterocycles. The van der Waals surface area contributed by atoms with Crippen LogP contribution in [-0.4, -0.2) is 31.9 Å². The predicted octanol–water partition coefficient (Wildman–Crippen LogP) is 5.13. The smallest absolute Gasteiger partial charge is 0.339 e. The summed E-state index contributed by atoms with van der Waals surface area (Å²) in [6.07, 6.45) is 0. The molecule has 0 amide bonds. The van der Waals surface area contributed by atoms with E-state index in [0.29, 0.717) is 19.8 Å². The van der Waals surface area contributed by atoms with Crippen molar-refractivity contribution in [2.45, 2.75) is 33.4 Å². The lowest BCUT2D eigenvalue weighted by Gasteiger charge is -2.27. The van der Waals surface area contributed by atoms with Crippen LogP contribution >= 0.6 is 7.60 Å². The second-order valence-electron chi connectivity index (χ2n) is 6.13. The number of pyridine rings is 1. The maximum absolute atomic E-state index is 13.5. The van der Waals surface area contributed by atoms with E-state index in [1.165, 1.54) is 0 Å². The van der Waals surface area contributed by atoms with Gasteiger partial charge in [0.1, 0.15) is 11.4 Å². The zero-order chi connectivity index (χ0) is 19.9. The molecule has 0 aliphatic carbocycles. The molecule has 0 spiro atoms. The summed E-state index contributed by atoms with van der Waals surface area (Å²) in [5.74, 6) is 0.742. The summed E-state index contributed by atoms with van der Waals surface area (Å²) in [6, 6.07) is 11.4. The van der Waals surface area contributed by atoms with E-state index < -0.39 is 13.3 Å². The molecule has 6 nitrogen and oxygen atoms in total. The monoisotopic (exact) mass is 392 g/mol. The average molecular weight is 392 g/mol. The van der Waals surface area contributed by atoms with Crippen molar-refractivity contribution in [3.05, 3.63) is 53.3 Å². The molecule has 1 atom stereocenters. The normalized spacial score (nSPS) is 12.6. The molecular formula is C20H29N2O4P. The minimum Gasteiger partial charge on any atom is -0.497 e. The number of anilines is 1. The van der Waals surface area contributed by atoms with E-state index in [0.717, 1.165) is 28.4 Å². The van der Waals surface area contributed by atoms with Crippen molar-refractivity contribution in [1.82, 2.24) is 4.98 Å². The second-order valence-corrected chi connectivity index (χ2v) is 8.35. The number of ether oxygens (including phenoxy) is 1. The summed E-state index contributed by atoms with van der Waals surface area (Å²) in [4.78, 5) is 4.47. The van der Waals surface area contributed by atoms with Crippen molar-refractivity contribution in [1.29, 1.82) is 0 Å². The van der Waals surface area contributed by atoms with E-state index in [-0.39, 0.29) is 0 Å². The first kappa shape index (κ1) is 21.4. The molecule has 27 heavy (non-hydrogen) atoms. The maximum Gasteiger partial charge on any atom is 0.339 e. The first-order valence-corrected chi connectivity index (χ1v) is 10.8. The van der Waals surface area contributed by atoms with Gasteiger partial charge in [0, 0.05) is 12.2 Å². The average Bonchev–Trinajstić information content (AvgIpc) is 2.64. The van der Waals surface area contributed by atoms with Crippen LogP contribution in [0.4, 0.5) is 5.69 Å². The highest BCUT2D eigenvalue weighted by atomic mass is 31.2. The van der Waals surface area contributed by atoms with E-state index in [9.17, 15) is 4.57 Å². The molecule has 0 bridgehead atoms. The van der Waals surface area contributed by atoms with Crippen LogP contribution in [0.3, 0.4) is 0 Å². The Kier molecular flexibility index (Phi) is 7.84. The molecule has 0 fully saturated rings. The van der Waals surface area contributed by atoms with Crippen LogP contribution < -0.4 is 10.1 Å². The van der Waals surface area contributed by atoms with Crippen molar-refractivity contribution in [3.63, 3.8) is 0 Å². The van der Waals surface area contributed by atoms with E-state index in [2.05, 4.69) is 10.3 Å². The van der Waals surface area contributed by atoms with Gasteiger partial charge in [-0.25, -0.2) is 0 Å². The Labute approximate surface area is 161 Å². The van der Waals surface area contributed by atoms with Gasteiger partial charge in [-0.3, -0.25) is 9.55 Å². The van der Waals surface area contributed by atoms with Crippen molar-refractivity contribution >= 4 is 13.3 Å². The first-order chi connectivity index (χ1) is 12.9. The molecule has 1 heterocycles. The van der Waals surface area contributed by atoms with Gasteiger partial charge in [-0.05, 0) is 57.5 Å². The van der Waals surface area contributed by atoms with Crippen LogP contribution in [0.1, 0.15) is 36.5 Å². The number of nitrogens with zero attached hydrogens (tertiary/aromatic N) is 1. The summed E-state index contributed by atoms with van der Waals surface area (Å²) in [5, 5.41) is 3.36. The van der Waals surface area contributed by atoms with Gasteiger partial charge in [0.25, 0.3) is 0 Å². The van der Waals surface area contributed by atoms with Crippen molar-refractivity contribution in [2.24, 2.45) is 0 Å². The molecule has 1 aromatic carbocycles. The summed E-state index contributed by atoms with van der Waals surface area (Å²) in [7, 11) is -1.74. The number of rotatable bonds is 10. The van der Waals surface area contributed by atoms with Gasteiger partial charge < -0.3 is 19.1 Å². The predicted molar refractivity (Wildman–Crippen MR) is 109 cm³/mol. The minimum atomic E-state index is -3.36. The molecule has 0 saturated heterocycles. The van der Waals surface area contributed by atoms with E-state index in [1.807, 2.05) is 64.1 Å². The third-order valence-electron chi connectivity index (χ3n) is 4.21. The Hall–Kier alpha value is -1.88. The third-order valence-corrected chi connectivity index (χ3v) is 6.69. The lowest BCUT2D eigenvalue weighted by atomic mass is 10.1. The highest BCUT2D eigenvalue weighted by Crippen LogP contribution is 2.61. The zero-order valence-corrected chi connectivity index (χ0v) is 17.6. The van der Waals surface area contributed by atoms with Crippen LogP contribution in [0, 0.1) is 13.8 Å². The SMILES string of the molecule is CCOP(=O)(OCC)C(CNc1ccc(C)nc1C)c1ccc(OC)cc1. The van der Waals surface area contributed by atoms with Crippen molar-refractivity contribution in [3.8, 4) is 5.75 Å². The summed E-state index contributed by atoms with van der Waals surface area (Å²) < 4.78 is 30.0. The van der Waals surface area contributed by atoms with Crippen LogP contribution in [0.5, 0.6) is 5.75 Å². The standard InChI is InChI=1S/C20H29N2O4P/c1-6-25-27(23,26-7-2)20(17-9-11-18(24-5)12-10-17)14-21-19-13-8-15(3)22-16(19)4/h8-13,20-21H,6-7,14H2,1-5H3. The molecular weight excluding hydrogens is 363 g/mol. The lowest BCUT2D eigenvalue weighted by molar-refractivity contribution is 0.213. The summed E-state index contributed by atoms with van der Waals surface area (Å²) >= 11 is 0. The number of benzene rings is 1. The van der Waals surface area contributed by atoms with Crippen molar-refractivity contribution in [2.75, 3.05) is 32.2 Å². The first-order valence-electron chi connectivity index (χ1n) is 9.14. The highest BCUT2D eigenvalue weighted by molar-refractivity contribution is 7.54. The van der Waals surface area contributed by atoms with Gasteiger partial charge in [-0.15, -0.1) is 0 Å². The Balaban J connectivity index is 2.33. The van der Waals surface area contributed by atoms with Gasteiger partial charge in [0.05, 0.1) is 31.7 Å². The van der Waals surface area contributed by atoms with Gasteiger partial charge in [-0.2, -0.15) is 0 Å². The molecule has 2 aromatic rings. The Morgan fingerprint density at radius 1 is 1.04 bits per heavy atom. The topological polar surface area (TPSA) is 69.7 Å². The van der Waals surface area contributed by atoms with Gasteiger partial charge in [0.15, 0.2) is 0 Å². The fraction of sp³-hybridized carbons (Fsp3) is 0.450. The molecule has 0 radical (unpaired) electrons.